The zero-order valence-corrected chi connectivity index (χ0v) is 9.66. The third kappa shape index (κ3) is 2.73. The van der Waals surface area contributed by atoms with Crippen LogP contribution in [0.1, 0.15) is 12.7 Å². The molecule has 1 aromatic carbocycles. The molecule has 0 spiro atoms. The maximum absolute atomic E-state index is 10.6. The molecule has 2 aromatic rings. The number of hydrogen-bond donors (Lipinski definition) is 1. The molecule has 0 aliphatic heterocycles. The van der Waals surface area contributed by atoms with Gasteiger partial charge in [0.05, 0.1) is 16.9 Å². The average Bonchev–Trinajstić information content (AvgIpc) is 2.90. The van der Waals surface area contributed by atoms with Gasteiger partial charge in [0.25, 0.3) is 5.69 Å². The first-order valence-corrected chi connectivity index (χ1v) is 5.25. The molecule has 1 N–H and O–H groups in total. The highest BCUT2D eigenvalue weighted by atomic mass is 16.6. The molecule has 1 heterocycles. The molecule has 0 unspecified atom stereocenters. The molecule has 0 saturated carbocycles. The molecule has 92 valence electrons. The average molecular weight is 245 g/mol. The fraction of sp³-hybridized carbons (Fsp3) is 0.0833. The van der Waals surface area contributed by atoms with Gasteiger partial charge in [0.15, 0.2) is 0 Å². The molecule has 0 saturated heterocycles. The highest BCUT2D eigenvalue weighted by molar-refractivity contribution is 5.96. The number of furan rings is 1. The summed E-state index contributed by atoms with van der Waals surface area (Å²) in [6, 6.07) is 9.69. The number of nitro groups is 1. The maximum Gasteiger partial charge on any atom is 0.271 e. The van der Waals surface area contributed by atoms with Crippen molar-refractivity contribution in [1.29, 1.82) is 0 Å². The quantitative estimate of drug-likeness (QED) is 0.510. The third-order valence-electron chi connectivity index (χ3n) is 2.29. The fourth-order valence-electron chi connectivity index (χ4n) is 1.38. The number of nitrogens with one attached hydrogen (secondary N) is 1. The summed E-state index contributed by atoms with van der Waals surface area (Å²) in [6.07, 6.45) is 1.56. The van der Waals surface area contributed by atoms with Crippen LogP contribution in [0, 0.1) is 10.1 Å². The van der Waals surface area contributed by atoms with E-state index in [4.69, 9.17) is 4.42 Å². The Balaban J connectivity index is 2.13. The lowest BCUT2D eigenvalue weighted by atomic mass is 10.3. The first-order chi connectivity index (χ1) is 8.66. The molecule has 0 fully saturated rings. The van der Waals surface area contributed by atoms with Gasteiger partial charge in [0.1, 0.15) is 11.5 Å². The van der Waals surface area contributed by atoms with Gasteiger partial charge in [-0.1, -0.05) is 6.07 Å². The predicted octanol–water partition coefficient (Wildman–Crippen LogP) is 3.02. The van der Waals surface area contributed by atoms with Gasteiger partial charge in [0.2, 0.25) is 0 Å². The van der Waals surface area contributed by atoms with Gasteiger partial charge in [-0.3, -0.25) is 15.5 Å². The first-order valence-electron chi connectivity index (χ1n) is 5.25. The van der Waals surface area contributed by atoms with Crippen LogP contribution in [0.3, 0.4) is 0 Å². The molecule has 0 radical (unpaired) electrons. The standard InChI is InChI=1S/C12H11N3O3/c1-9(12-6-3-7-18-12)13-14-10-4-2-5-11(8-10)15(16)17/h2-8,14H,1H3/b13-9-. The van der Waals surface area contributed by atoms with Crippen LogP contribution in [0.4, 0.5) is 11.4 Å². The smallest absolute Gasteiger partial charge is 0.271 e. The second-order valence-electron chi connectivity index (χ2n) is 3.59. The van der Waals surface area contributed by atoms with Crippen LogP contribution in [-0.2, 0) is 0 Å². The number of nitrogens with zero attached hydrogens (tertiary/aromatic N) is 2. The molecule has 6 heteroatoms. The number of nitro benzene ring substituents is 1. The van der Waals surface area contributed by atoms with Crippen molar-refractivity contribution >= 4 is 17.1 Å². The third-order valence-corrected chi connectivity index (χ3v) is 2.29. The molecule has 2 rings (SSSR count). The normalized spacial score (nSPS) is 11.3. The molecule has 0 atom stereocenters. The van der Waals surface area contributed by atoms with Crippen LogP contribution < -0.4 is 5.43 Å². The monoisotopic (exact) mass is 245 g/mol. The minimum atomic E-state index is -0.450. The maximum atomic E-state index is 10.6. The molecular weight excluding hydrogens is 234 g/mol. The molecule has 0 amide bonds. The fourth-order valence-corrected chi connectivity index (χ4v) is 1.38. The topological polar surface area (TPSA) is 80.7 Å². The van der Waals surface area contributed by atoms with E-state index in [9.17, 15) is 10.1 Å². The molecule has 0 aliphatic carbocycles. The summed E-state index contributed by atoms with van der Waals surface area (Å²) in [5.74, 6) is 0.646. The Kier molecular flexibility index (Phi) is 3.38. The van der Waals surface area contributed by atoms with E-state index in [0.29, 0.717) is 17.2 Å². The number of benzene rings is 1. The Bertz CT molecular complexity index is 576. The Labute approximate surface area is 103 Å². The Hall–Kier alpha value is -2.63. The van der Waals surface area contributed by atoms with Crippen LogP contribution in [0.25, 0.3) is 0 Å². The molecular formula is C12H11N3O3. The summed E-state index contributed by atoms with van der Waals surface area (Å²) >= 11 is 0. The van der Waals surface area contributed by atoms with E-state index in [-0.39, 0.29) is 5.69 Å². The van der Waals surface area contributed by atoms with E-state index in [2.05, 4.69) is 10.5 Å². The van der Waals surface area contributed by atoms with Crippen LogP contribution in [0.5, 0.6) is 0 Å². The Morgan fingerprint density at radius 3 is 2.89 bits per heavy atom. The summed E-state index contributed by atoms with van der Waals surface area (Å²) in [6.45, 7) is 1.78. The summed E-state index contributed by atoms with van der Waals surface area (Å²) in [4.78, 5) is 10.2. The first kappa shape index (κ1) is 11.8. The van der Waals surface area contributed by atoms with Crippen LogP contribution >= 0.6 is 0 Å². The van der Waals surface area contributed by atoms with Gasteiger partial charge in [0, 0.05) is 12.1 Å². The van der Waals surface area contributed by atoms with Crippen molar-refractivity contribution in [2.75, 3.05) is 5.43 Å². The second kappa shape index (κ2) is 5.13. The molecule has 1 aromatic heterocycles. The molecule has 6 nitrogen and oxygen atoms in total. The number of hydrazone groups is 1. The van der Waals surface area contributed by atoms with Gasteiger partial charge >= 0.3 is 0 Å². The highest BCUT2D eigenvalue weighted by Gasteiger charge is 2.05. The van der Waals surface area contributed by atoms with Crippen molar-refractivity contribution in [3.05, 3.63) is 58.5 Å². The lowest BCUT2D eigenvalue weighted by Gasteiger charge is -2.01. The summed E-state index contributed by atoms with van der Waals surface area (Å²) < 4.78 is 5.17. The van der Waals surface area contributed by atoms with Gasteiger partial charge in [-0.25, -0.2) is 0 Å². The van der Waals surface area contributed by atoms with Crippen LogP contribution in [0.2, 0.25) is 0 Å². The summed E-state index contributed by atoms with van der Waals surface area (Å²) in [7, 11) is 0. The number of rotatable bonds is 4. The minimum Gasteiger partial charge on any atom is -0.463 e. The molecule has 18 heavy (non-hydrogen) atoms. The SMILES string of the molecule is C/C(=N/Nc1cccc([N+](=O)[O-])c1)c1ccco1. The van der Waals surface area contributed by atoms with Gasteiger partial charge in [-0.15, -0.1) is 0 Å². The number of non-ortho nitro benzene ring substituents is 1. The van der Waals surface area contributed by atoms with Crippen molar-refractivity contribution in [2.24, 2.45) is 5.10 Å². The minimum absolute atomic E-state index is 0.0193. The number of hydrogen-bond acceptors (Lipinski definition) is 5. The Morgan fingerprint density at radius 2 is 2.22 bits per heavy atom. The highest BCUT2D eigenvalue weighted by Crippen LogP contribution is 2.17. The van der Waals surface area contributed by atoms with Crippen molar-refractivity contribution in [1.82, 2.24) is 0 Å². The van der Waals surface area contributed by atoms with Gasteiger partial charge < -0.3 is 4.42 Å². The van der Waals surface area contributed by atoms with Crippen molar-refractivity contribution in [3.63, 3.8) is 0 Å². The number of anilines is 1. The van der Waals surface area contributed by atoms with E-state index in [1.807, 2.05) is 0 Å². The predicted molar refractivity (Wildman–Crippen MR) is 67.6 cm³/mol. The summed E-state index contributed by atoms with van der Waals surface area (Å²) in [5.41, 5.74) is 3.98. The molecule has 0 aliphatic rings. The van der Waals surface area contributed by atoms with Crippen molar-refractivity contribution in [3.8, 4) is 0 Å². The van der Waals surface area contributed by atoms with Gasteiger partial charge in [-0.05, 0) is 25.1 Å². The zero-order valence-electron chi connectivity index (χ0n) is 9.66. The van der Waals surface area contributed by atoms with Crippen LogP contribution in [0.15, 0.2) is 52.2 Å². The Morgan fingerprint density at radius 1 is 1.39 bits per heavy atom. The van der Waals surface area contributed by atoms with E-state index in [0.717, 1.165) is 0 Å². The van der Waals surface area contributed by atoms with E-state index >= 15 is 0 Å². The lowest BCUT2D eigenvalue weighted by Crippen LogP contribution is -1.98. The van der Waals surface area contributed by atoms with E-state index < -0.39 is 4.92 Å². The van der Waals surface area contributed by atoms with E-state index in [1.54, 1.807) is 37.5 Å². The van der Waals surface area contributed by atoms with Crippen LogP contribution in [-0.4, -0.2) is 10.6 Å². The van der Waals surface area contributed by atoms with E-state index in [1.165, 1.54) is 12.1 Å². The van der Waals surface area contributed by atoms with Crippen molar-refractivity contribution < 1.29 is 9.34 Å². The lowest BCUT2D eigenvalue weighted by molar-refractivity contribution is -0.384. The summed E-state index contributed by atoms with van der Waals surface area (Å²) in [5, 5.41) is 14.7. The largest absolute Gasteiger partial charge is 0.463 e. The van der Waals surface area contributed by atoms with Crippen molar-refractivity contribution in [2.45, 2.75) is 6.92 Å². The second-order valence-corrected chi connectivity index (χ2v) is 3.59. The van der Waals surface area contributed by atoms with Gasteiger partial charge in [-0.2, -0.15) is 5.10 Å². The zero-order chi connectivity index (χ0) is 13.0. The molecule has 0 bridgehead atoms.